The van der Waals surface area contributed by atoms with Gasteiger partial charge >= 0.3 is 0 Å². The predicted molar refractivity (Wildman–Crippen MR) is 76.1 cm³/mol. The van der Waals surface area contributed by atoms with Crippen LogP contribution in [0.3, 0.4) is 0 Å². The summed E-state index contributed by atoms with van der Waals surface area (Å²) in [6.07, 6.45) is 5.06. The van der Waals surface area contributed by atoms with Crippen molar-refractivity contribution in [3.8, 4) is 11.5 Å². The van der Waals surface area contributed by atoms with Gasteiger partial charge in [0.15, 0.2) is 11.5 Å². The number of methoxy groups -OCH3 is 1. The molecule has 1 aromatic carbocycles. The van der Waals surface area contributed by atoms with Crippen LogP contribution in [0.4, 0.5) is 0 Å². The molecule has 0 aliphatic heterocycles. The first kappa shape index (κ1) is 14.4. The molecular weight excluding hydrogens is 258 g/mol. The lowest BCUT2D eigenvalue weighted by Crippen LogP contribution is -2.28. The monoisotopic (exact) mass is 277 g/mol. The summed E-state index contributed by atoms with van der Waals surface area (Å²) < 4.78 is 10.8. The Balaban J connectivity index is 2.33. The van der Waals surface area contributed by atoms with Gasteiger partial charge in [-0.2, -0.15) is 0 Å². The fraction of sp³-hybridized carbons (Fsp3) is 0.467. The van der Waals surface area contributed by atoms with Crippen molar-refractivity contribution in [2.75, 3.05) is 13.7 Å². The standard InChI is InChI=1S/C15H19NO4/c1-3-20-15-10-11(8-9-14(15)19-2)12-6-4-5-7-13(12)16(17)18/h4-5,8-10,12-13H,3,6-7H2,1-2H3. The maximum absolute atomic E-state index is 11.2. The Labute approximate surface area is 118 Å². The number of nitro groups is 1. The molecule has 2 unspecified atom stereocenters. The summed E-state index contributed by atoms with van der Waals surface area (Å²) in [7, 11) is 1.58. The third-order valence-electron chi connectivity index (χ3n) is 3.59. The normalized spacial score (nSPS) is 21.5. The van der Waals surface area contributed by atoms with Crippen molar-refractivity contribution in [1.29, 1.82) is 0 Å². The van der Waals surface area contributed by atoms with E-state index in [0.29, 0.717) is 30.9 Å². The van der Waals surface area contributed by atoms with Crippen LogP contribution in [0.5, 0.6) is 11.5 Å². The molecule has 1 aliphatic rings. The van der Waals surface area contributed by atoms with Crippen LogP contribution in [0.25, 0.3) is 0 Å². The highest BCUT2D eigenvalue weighted by atomic mass is 16.6. The third kappa shape index (κ3) is 2.92. The molecule has 0 saturated carbocycles. The lowest BCUT2D eigenvalue weighted by molar-refractivity contribution is -0.526. The molecular formula is C15H19NO4. The molecule has 2 rings (SSSR count). The maximum Gasteiger partial charge on any atom is 0.223 e. The van der Waals surface area contributed by atoms with Crippen molar-refractivity contribution >= 4 is 0 Å². The molecule has 0 heterocycles. The molecule has 0 bridgehead atoms. The second-order valence-corrected chi connectivity index (χ2v) is 4.75. The van der Waals surface area contributed by atoms with Gasteiger partial charge in [0.1, 0.15) is 0 Å². The fourth-order valence-corrected chi connectivity index (χ4v) is 2.58. The topological polar surface area (TPSA) is 61.6 Å². The van der Waals surface area contributed by atoms with Gasteiger partial charge in [-0.1, -0.05) is 18.2 Å². The Kier molecular flexibility index (Phi) is 4.61. The number of ether oxygens (including phenoxy) is 2. The molecule has 1 aliphatic carbocycles. The minimum Gasteiger partial charge on any atom is -0.493 e. The van der Waals surface area contributed by atoms with Crippen LogP contribution in [0.2, 0.25) is 0 Å². The molecule has 1 aromatic rings. The maximum atomic E-state index is 11.2. The van der Waals surface area contributed by atoms with E-state index in [1.165, 1.54) is 0 Å². The van der Waals surface area contributed by atoms with E-state index in [-0.39, 0.29) is 10.8 Å². The highest BCUT2D eigenvalue weighted by Crippen LogP contribution is 2.36. The van der Waals surface area contributed by atoms with Crippen molar-refractivity contribution < 1.29 is 14.4 Å². The molecule has 5 nitrogen and oxygen atoms in total. The first-order valence-electron chi connectivity index (χ1n) is 6.76. The molecule has 2 atom stereocenters. The van der Waals surface area contributed by atoms with Gasteiger partial charge in [0.2, 0.25) is 6.04 Å². The van der Waals surface area contributed by atoms with Gasteiger partial charge in [-0.3, -0.25) is 10.1 Å². The number of rotatable bonds is 5. The summed E-state index contributed by atoms with van der Waals surface area (Å²) in [5.41, 5.74) is 0.931. The van der Waals surface area contributed by atoms with E-state index in [9.17, 15) is 10.1 Å². The molecule has 20 heavy (non-hydrogen) atoms. The van der Waals surface area contributed by atoms with Crippen molar-refractivity contribution in [3.05, 3.63) is 46.0 Å². The molecule has 0 aromatic heterocycles. The zero-order valence-electron chi connectivity index (χ0n) is 11.7. The summed E-state index contributed by atoms with van der Waals surface area (Å²) in [5, 5.41) is 11.2. The van der Waals surface area contributed by atoms with E-state index >= 15 is 0 Å². The molecule has 5 heteroatoms. The van der Waals surface area contributed by atoms with Gasteiger partial charge in [0.25, 0.3) is 0 Å². The molecule has 0 N–H and O–H groups in total. The van der Waals surface area contributed by atoms with Crippen LogP contribution < -0.4 is 9.47 Å². The average Bonchev–Trinajstić information content (AvgIpc) is 2.47. The second-order valence-electron chi connectivity index (χ2n) is 4.75. The van der Waals surface area contributed by atoms with Crippen molar-refractivity contribution in [2.24, 2.45) is 0 Å². The van der Waals surface area contributed by atoms with Crippen molar-refractivity contribution in [3.63, 3.8) is 0 Å². The lowest BCUT2D eigenvalue weighted by atomic mass is 9.83. The number of nitrogens with zero attached hydrogens (tertiary/aromatic N) is 1. The summed E-state index contributed by atoms with van der Waals surface area (Å²) in [6, 6.07) is 5.00. The van der Waals surface area contributed by atoms with Crippen molar-refractivity contribution in [2.45, 2.75) is 31.7 Å². The molecule has 0 fully saturated rings. The molecule has 0 spiro atoms. The van der Waals surface area contributed by atoms with E-state index in [1.807, 2.05) is 37.3 Å². The summed E-state index contributed by atoms with van der Waals surface area (Å²) >= 11 is 0. The molecule has 0 amide bonds. The Morgan fingerprint density at radius 3 is 2.70 bits per heavy atom. The minimum atomic E-state index is -0.567. The highest BCUT2D eigenvalue weighted by molar-refractivity contribution is 5.44. The number of hydrogen-bond acceptors (Lipinski definition) is 4. The van der Waals surface area contributed by atoms with Crippen LogP contribution in [-0.4, -0.2) is 24.7 Å². The summed E-state index contributed by atoms with van der Waals surface area (Å²) in [5.74, 6) is 1.18. The first-order valence-corrected chi connectivity index (χ1v) is 6.76. The van der Waals surface area contributed by atoms with Gasteiger partial charge < -0.3 is 9.47 Å². The number of allylic oxidation sites excluding steroid dienone is 1. The fourth-order valence-electron chi connectivity index (χ4n) is 2.58. The second kappa shape index (κ2) is 6.41. The van der Waals surface area contributed by atoms with E-state index in [2.05, 4.69) is 0 Å². The predicted octanol–water partition coefficient (Wildman–Crippen LogP) is 3.17. The van der Waals surface area contributed by atoms with E-state index in [1.54, 1.807) is 7.11 Å². The Morgan fingerprint density at radius 2 is 2.05 bits per heavy atom. The summed E-state index contributed by atoms with van der Waals surface area (Å²) in [4.78, 5) is 11.0. The quantitative estimate of drug-likeness (QED) is 0.471. The van der Waals surface area contributed by atoms with Gasteiger partial charge in [-0.25, -0.2) is 0 Å². The largest absolute Gasteiger partial charge is 0.493 e. The molecule has 0 radical (unpaired) electrons. The molecule has 0 saturated heterocycles. The van der Waals surface area contributed by atoms with Gasteiger partial charge in [0.05, 0.1) is 19.6 Å². The summed E-state index contributed by atoms with van der Waals surface area (Å²) in [6.45, 7) is 2.43. The van der Waals surface area contributed by atoms with Crippen molar-refractivity contribution in [1.82, 2.24) is 0 Å². The molecule has 108 valence electrons. The SMILES string of the molecule is CCOc1cc(C2CC=CCC2[N+](=O)[O-])ccc1OC. The minimum absolute atomic E-state index is 0.111. The van der Waals surface area contributed by atoms with Crippen LogP contribution in [0.15, 0.2) is 30.4 Å². The van der Waals surface area contributed by atoms with Gasteiger partial charge in [-0.05, 0) is 31.0 Å². The van der Waals surface area contributed by atoms with Crippen LogP contribution in [-0.2, 0) is 0 Å². The zero-order valence-corrected chi connectivity index (χ0v) is 11.7. The van der Waals surface area contributed by atoms with E-state index < -0.39 is 6.04 Å². The highest BCUT2D eigenvalue weighted by Gasteiger charge is 2.33. The Morgan fingerprint density at radius 1 is 1.30 bits per heavy atom. The van der Waals surface area contributed by atoms with Crippen LogP contribution in [0.1, 0.15) is 31.2 Å². The third-order valence-corrected chi connectivity index (χ3v) is 3.59. The van der Waals surface area contributed by atoms with Crippen LogP contribution >= 0.6 is 0 Å². The number of hydrogen-bond donors (Lipinski definition) is 0. The van der Waals surface area contributed by atoms with Gasteiger partial charge in [-0.15, -0.1) is 0 Å². The van der Waals surface area contributed by atoms with Crippen LogP contribution in [0, 0.1) is 10.1 Å². The van der Waals surface area contributed by atoms with E-state index in [0.717, 1.165) is 5.56 Å². The lowest BCUT2D eigenvalue weighted by Gasteiger charge is -2.23. The van der Waals surface area contributed by atoms with E-state index in [4.69, 9.17) is 9.47 Å². The smallest absolute Gasteiger partial charge is 0.223 e. The Hall–Kier alpha value is -2.04. The zero-order chi connectivity index (χ0) is 14.5. The first-order chi connectivity index (χ1) is 9.67. The van der Waals surface area contributed by atoms with Gasteiger partial charge in [0, 0.05) is 11.3 Å². The average molecular weight is 277 g/mol. The Bertz CT molecular complexity index is 513. The number of benzene rings is 1.